The summed E-state index contributed by atoms with van der Waals surface area (Å²) in [6, 6.07) is 1.17. The molecule has 0 spiro atoms. The van der Waals surface area contributed by atoms with Gasteiger partial charge in [0.2, 0.25) is 0 Å². The molecule has 0 aliphatic carbocycles. The van der Waals surface area contributed by atoms with E-state index in [9.17, 15) is 18.0 Å². The van der Waals surface area contributed by atoms with Crippen molar-refractivity contribution in [1.82, 2.24) is 4.98 Å². The molecule has 0 aliphatic rings. The third-order valence-electron chi connectivity index (χ3n) is 1.54. The second-order valence-corrected chi connectivity index (χ2v) is 3.98. The van der Waals surface area contributed by atoms with Crippen LogP contribution in [-0.4, -0.2) is 16.1 Å². The van der Waals surface area contributed by atoms with Crippen LogP contribution in [0.5, 0.6) is 0 Å². The van der Waals surface area contributed by atoms with Gasteiger partial charge in [0.1, 0.15) is 5.69 Å². The number of aromatic nitrogens is 1. The van der Waals surface area contributed by atoms with Gasteiger partial charge in [-0.25, -0.2) is 0 Å². The van der Waals surface area contributed by atoms with Gasteiger partial charge in [-0.15, -0.1) is 0 Å². The molecular formula is C8H5F3INO2. The minimum Gasteiger partial charge on any atom is -0.481 e. The van der Waals surface area contributed by atoms with Crippen molar-refractivity contribution in [2.75, 3.05) is 0 Å². The van der Waals surface area contributed by atoms with E-state index in [4.69, 9.17) is 5.11 Å². The zero-order valence-electron chi connectivity index (χ0n) is 7.18. The zero-order valence-corrected chi connectivity index (χ0v) is 9.33. The third-order valence-corrected chi connectivity index (χ3v) is 2.13. The Balaban J connectivity index is 3.20. The summed E-state index contributed by atoms with van der Waals surface area (Å²) in [5.74, 6) is -1.32. The fraction of sp³-hybridized carbons (Fsp3) is 0.250. The molecule has 0 radical (unpaired) electrons. The molecule has 0 saturated carbocycles. The van der Waals surface area contributed by atoms with E-state index in [0.717, 1.165) is 6.20 Å². The van der Waals surface area contributed by atoms with Crippen molar-refractivity contribution in [3.05, 3.63) is 27.1 Å². The van der Waals surface area contributed by atoms with Gasteiger partial charge in [0.25, 0.3) is 0 Å². The van der Waals surface area contributed by atoms with Gasteiger partial charge < -0.3 is 5.11 Å². The quantitative estimate of drug-likeness (QED) is 0.847. The van der Waals surface area contributed by atoms with Gasteiger partial charge in [0.05, 0.1) is 6.42 Å². The Morgan fingerprint density at radius 2 is 2.13 bits per heavy atom. The normalized spacial score (nSPS) is 11.5. The van der Waals surface area contributed by atoms with E-state index >= 15 is 0 Å². The molecule has 0 bridgehead atoms. The maximum Gasteiger partial charge on any atom is 0.433 e. The fourth-order valence-corrected chi connectivity index (χ4v) is 1.55. The lowest BCUT2D eigenvalue weighted by Crippen LogP contribution is -2.14. The standard InChI is InChI=1S/C8H5F3INO2/c9-8(10,11)7-4(2-6(14)15)1-5(12)3-13-7/h1,3H,2H2,(H,14,15). The summed E-state index contributed by atoms with van der Waals surface area (Å²) >= 11 is 1.77. The van der Waals surface area contributed by atoms with Crippen molar-refractivity contribution in [2.45, 2.75) is 12.6 Å². The third kappa shape index (κ3) is 3.33. The van der Waals surface area contributed by atoms with E-state index < -0.39 is 24.3 Å². The number of carbonyl (C=O) groups is 1. The molecule has 15 heavy (non-hydrogen) atoms. The van der Waals surface area contributed by atoms with Crippen molar-refractivity contribution >= 4 is 28.6 Å². The van der Waals surface area contributed by atoms with Crippen LogP contribution in [0.3, 0.4) is 0 Å². The minimum atomic E-state index is -4.62. The van der Waals surface area contributed by atoms with Crippen LogP contribution < -0.4 is 0 Å². The lowest BCUT2D eigenvalue weighted by molar-refractivity contribution is -0.142. The number of aliphatic carboxylic acids is 1. The van der Waals surface area contributed by atoms with Crippen LogP contribution in [0.25, 0.3) is 0 Å². The average Bonchev–Trinajstić information content (AvgIpc) is 1.99. The Morgan fingerprint density at radius 1 is 1.53 bits per heavy atom. The Hall–Kier alpha value is -0.860. The van der Waals surface area contributed by atoms with E-state index in [1.165, 1.54) is 6.07 Å². The van der Waals surface area contributed by atoms with Crippen molar-refractivity contribution in [3.8, 4) is 0 Å². The SMILES string of the molecule is O=C(O)Cc1cc(I)cnc1C(F)(F)F. The summed E-state index contributed by atoms with van der Waals surface area (Å²) in [5, 5.41) is 8.45. The summed E-state index contributed by atoms with van der Waals surface area (Å²) < 4.78 is 37.6. The Labute approximate surface area is 96.5 Å². The summed E-state index contributed by atoms with van der Waals surface area (Å²) in [6.45, 7) is 0. The number of carboxylic acid groups (broad SMARTS) is 1. The summed E-state index contributed by atoms with van der Waals surface area (Å²) in [5.41, 5.74) is -1.45. The van der Waals surface area contributed by atoms with Gasteiger partial charge in [0.15, 0.2) is 0 Å². The second-order valence-electron chi connectivity index (χ2n) is 2.73. The fourth-order valence-electron chi connectivity index (χ4n) is 1.03. The highest BCUT2D eigenvalue weighted by Crippen LogP contribution is 2.31. The number of alkyl halides is 3. The summed E-state index contributed by atoms with van der Waals surface area (Å²) in [4.78, 5) is 13.6. The van der Waals surface area contributed by atoms with Gasteiger partial charge in [-0.05, 0) is 34.2 Å². The maximum absolute atomic E-state index is 12.4. The largest absolute Gasteiger partial charge is 0.481 e. The van der Waals surface area contributed by atoms with Crippen molar-refractivity contribution in [1.29, 1.82) is 0 Å². The highest BCUT2D eigenvalue weighted by Gasteiger charge is 2.35. The Bertz CT molecular complexity index is 392. The van der Waals surface area contributed by atoms with E-state index in [1.807, 2.05) is 0 Å². The van der Waals surface area contributed by atoms with Gasteiger partial charge in [0, 0.05) is 9.77 Å². The van der Waals surface area contributed by atoms with Gasteiger partial charge in [-0.1, -0.05) is 0 Å². The molecule has 0 amide bonds. The monoisotopic (exact) mass is 331 g/mol. The first kappa shape index (κ1) is 12.2. The highest BCUT2D eigenvalue weighted by molar-refractivity contribution is 14.1. The highest BCUT2D eigenvalue weighted by atomic mass is 127. The predicted octanol–water partition coefficient (Wildman–Crippen LogP) is 2.33. The number of hydrogen-bond donors (Lipinski definition) is 1. The zero-order chi connectivity index (χ0) is 11.6. The predicted molar refractivity (Wildman–Crippen MR) is 53.3 cm³/mol. The molecule has 1 aromatic rings. The van der Waals surface area contributed by atoms with Gasteiger partial charge in [-0.2, -0.15) is 13.2 Å². The van der Waals surface area contributed by atoms with E-state index in [-0.39, 0.29) is 5.56 Å². The number of rotatable bonds is 2. The molecular weight excluding hydrogens is 326 g/mol. The van der Waals surface area contributed by atoms with E-state index in [1.54, 1.807) is 22.6 Å². The first-order chi connectivity index (χ1) is 6.80. The van der Waals surface area contributed by atoms with Gasteiger partial charge >= 0.3 is 12.1 Å². The minimum absolute atomic E-state index is 0.318. The summed E-state index contributed by atoms with van der Waals surface area (Å²) in [7, 11) is 0. The lowest BCUT2D eigenvalue weighted by Gasteiger charge is -2.10. The molecule has 1 rings (SSSR count). The number of carboxylic acids is 1. The molecule has 0 aromatic carbocycles. The Kier molecular flexibility index (Phi) is 3.53. The molecule has 1 aromatic heterocycles. The van der Waals surface area contributed by atoms with Crippen molar-refractivity contribution in [2.24, 2.45) is 0 Å². The first-order valence-corrected chi connectivity index (χ1v) is 4.82. The molecule has 0 aliphatic heterocycles. The topological polar surface area (TPSA) is 50.2 Å². The Morgan fingerprint density at radius 3 is 2.60 bits per heavy atom. The maximum atomic E-state index is 12.4. The van der Waals surface area contributed by atoms with E-state index in [2.05, 4.69) is 4.98 Å². The van der Waals surface area contributed by atoms with Crippen LogP contribution >= 0.6 is 22.6 Å². The molecule has 0 atom stereocenters. The number of halogens is 4. The smallest absolute Gasteiger partial charge is 0.433 e. The molecule has 1 heterocycles. The lowest BCUT2D eigenvalue weighted by atomic mass is 10.1. The van der Waals surface area contributed by atoms with Crippen LogP contribution in [0.1, 0.15) is 11.3 Å². The molecule has 7 heteroatoms. The number of pyridine rings is 1. The second kappa shape index (κ2) is 4.33. The molecule has 0 unspecified atom stereocenters. The number of nitrogens with zero attached hydrogens (tertiary/aromatic N) is 1. The van der Waals surface area contributed by atoms with Crippen molar-refractivity contribution < 1.29 is 23.1 Å². The molecule has 0 saturated heterocycles. The van der Waals surface area contributed by atoms with Crippen LogP contribution in [0.2, 0.25) is 0 Å². The van der Waals surface area contributed by atoms with Gasteiger partial charge in [-0.3, -0.25) is 9.78 Å². The molecule has 3 nitrogen and oxygen atoms in total. The van der Waals surface area contributed by atoms with Crippen LogP contribution in [0.4, 0.5) is 13.2 Å². The molecule has 82 valence electrons. The van der Waals surface area contributed by atoms with Crippen LogP contribution in [0, 0.1) is 3.57 Å². The van der Waals surface area contributed by atoms with Crippen LogP contribution in [0.15, 0.2) is 12.3 Å². The molecule has 0 fully saturated rings. The van der Waals surface area contributed by atoms with Crippen LogP contribution in [-0.2, 0) is 17.4 Å². The first-order valence-electron chi connectivity index (χ1n) is 3.74. The van der Waals surface area contributed by atoms with Crippen molar-refractivity contribution in [3.63, 3.8) is 0 Å². The number of hydrogen-bond acceptors (Lipinski definition) is 2. The van der Waals surface area contributed by atoms with E-state index in [0.29, 0.717) is 3.57 Å². The summed E-state index contributed by atoms with van der Waals surface area (Å²) in [6.07, 6.45) is -4.25. The average molecular weight is 331 g/mol. The molecule has 1 N–H and O–H groups in total.